The van der Waals surface area contributed by atoms with E-state index in [2.05, 4.69) is 0 Å². The smallest absolute Gasteiger partial charge is 0.323 e. The first-order valence-corrected chi connectivity index (χ1v) is 5.95. The molecule has 0 N–H and O–H groups in total. The topological polar surface area (TPSA) is 27.7 Å². The van der Waals surface area contributed by atoms with Crippen LogP contribution in [0.3, 0.4) is 0 Å². The molecule has 0 atom stereocenters. The fourth-order valence-electron chi connectivity index (χ4n) is 0.793. The van der Waals surface area contributed by atoms with Gasteiger partial charge in [-0.2, -0.15) is 0 Å². The van der Waals surface area contributed by atoms with Gasteiger partial charge in [-0.3, -0.25) is 0 Å². The summed E-state index contributed by atoms with van der Waals surface area (Å²) in [4.78, 5) is 0. The summed E-state index contributed by atoms with van der Waals surface area (Å²) in [7, 11) is 1.98. The molecule has 0 aromatic rings. The van der Waals surface area contributed by atoms with E-state index in [0.29, 0.717) is 0 Å². The van der Waals surface area contributed by atoms with Crippen LogP contribution >= 0.6 is 0 Å². The van der Waals surface area contributed by atoms with Gasteiger partial charge in [-0.1, -0.05) is 0 Å². The van der Waals surface area contributed by atoms with Crippen molar-refractivity contribution in [1.82, 2.24) is 0 Å². The molecule has 0 aromatic carbocycles. The highest BCUT2D eigenvalue weighted by atomic mass is 28.3. The summed E-state index contributed by atoms with van der Waals surface area (Å²) in [6, 6.07) is 0.907. The number of ether oxygens (including phenoxy) is 1. The molecule has 0 radical (unpaired) electrons. The van der Waals surface area contributed by atoms with E-state index < -0.39 is 9.28 Å². The van der Waals surface area contributed by atoms with Gasteiger partial charge in [-0.15, -0.1) is 0 Å². The molecule has 3 nitrogen and oxygen atoms in total. The molecular formula is C8H20O3Si. The molecular weight excluding hydrogens is 172 g/mol. The molecule has 4 heteroatoms. The average Bonchev–Trinajstić information content (AvgIpc) is 1.96. The Morgan fingerprint density at radius 2 is 1.58 bits per heavy atom. The zero-order valence-corrected chi connectivity index (χ0v) is 9.87. The van der Waals surface area contributed by atoms with Crippen molar-refractivity contribution in [2.45, 2.75) is 32.4 Å². The number of hydrogen-bond acceptors (Lipinski definition) is 3. The summed E-state index contributed by atoms with van der Waals surface area (Å²) < 4.78 is 15.8. The summed E-state index contributed by atoms with van der Waals surface area (Å²) in [5.74, 6) is 0. The van der Waals surface area contributed by atoms with E-state index in [4.69, 9.17) is 13.6 Å². The second kappa shape index (κ2) is 5.69. The Bertz CT molecular complexity index is 107. The predicted octanol–water partition coefficient (Wildman–Crippen LogP) is 1.31. The molecule has 74 valence electrons. The molecule has 0 saturated carbocycles. The third-order valence-corrected chi connectivity index (χ3v) is 3.17. The molecule has 0 amide bonds. The first kappa shape index (κ1) is 12.1. The molecule has 0 aliphatic rings. The summed E-state index contributed by atoms with van der Waals surface area (Å²) in [6.45, 7) is 6.86. The van der Waals surface area contributed by atoms with E-state index in [9.17, 15) is 0 Å². The van der Waals surface area contributed by atoms with Crippen LogP contribution in [-0.4, -0.2) is 35.7 Å². The predicted molar refractivity (Wildman–Crippen MR) is 51.7 cm³/mol. The third-order valence-electron chi connectivity index (χ3n) is 1.41. The van der Waals surface area contributed by atoms with Crippen molar-refractivity contribution in [2.75, 3.05) is 20.8 Å². The van der Waals surface area contributed by atoms with Gasteiger partial charge in [0.2, 0.25) is 0 Å². The molecule has 0 aliphatic heterocycles. The van der Waals surface area contributed by atoms with Crippen LogP contribution in [0, 0.1) is 0 Å². The first-order valence-electron chi connectivity index (χ1n) is 4.19. The lowest BCUT2D eigenvalue weighted by Gasteiger charge is -2.20. The van der Waals surface area contributed by atoms with Crippen molar-refractivity contribution in [2.24, 2.45) is 0 Å². The van der Waals surface area contributed by atoms with Crippen molar-refractivity contribution >= 4 is 9.28 Å². The van der Waals surface area contributed by atoms with E-state index in [1.807, 2.05) is 20.8 Å². The van der Waals surface area contributed by atoms with Gasteiger partial charge in [0.15, 0.2) is 0 Å². The van der Waals surface area contributed by atoms with Gasteiger partial charge in [0, 0.05) is 26.9 Å². The van der Waals surface area contributed by atoms with Crippen LogP contribution in [0.4, 0.5) is 0 Å². The largest absolute Gasteiger partial charge is 0.400 e. The van der Waals surface area contributed by atoms with Crippen molar-refractivity contribution in [3.05, 3.63) is 0 Å². The maximum atomic E-state index is 5.54. The zero-order chi connectivity index (χ0) is 9.61. The van der Waals surface area contributed by atoms with E-state index >= 15 is 0 Å². The highest BCUT2D eigenvalue weighted by Gasteiger charge is 2.13. The van der Waals surface area contributed by atoms with Gasteiger partial charge in [0.1, 0.15) is 0 Å². The lowest BCUT2D eigenvalue weighted by molar-refractivity contribution is 0.00291. The quantitative estimate of drug-likeness (QED) is 0.615. The Hall–Kier alpha value is 0.0969. The maximum absolute atomic E-state index is 5.54. The highest BCUT2D eigenvalue weighted by molar-refractivity contribution is 6.44. The Labute approximate surface area is 76.9 Å². The zero-order valence-electron chi connectivity index (χ0n) is 8.72. The lowest BCUT2D eigenvalue weighted by atomic mass is 10.2. The van der Waals surface area contributed by atoms with Gasteiger partial charge in [-0.25, -0.2) is 0 Å². The first-order chi connectivity index (χ1) is 5.49. The van der Waals surface area contributed by atoms with Crippen molar-refractivity contribution in [1.29, 1.82) is 0 Å². The monoisotopic (exact) mass is 192 g/mol. The Balaban J connectivity index is 3.41. The van der Waals surface area contributed by atoms with Gasteiger partial charge in [0.25, 0.3) is 0 Å². The Morgan fingerprint density at radius 3 is 1.92 bits per heavy atom. The Morgan fingerprint density at radius 1 is 1.08 bits per heavy atom. The van der Waals surface area contributed by atoms with E-state index in [1.54, 1.807) is 14.2 Å². The molecule has 0 fully saturated rings. The van der Waals surface area contributed by atoms with Crippen LogP contribution < -0.4 is 0 Å². The maximum Gasteiger partial charge on any atom is 0.323 e. The van der Waals surface area contributed by atoms with Crippen molar-refractivity contribution in [3.8, 4) is 0 Å². The minimum absolute atomic E-state index is 0.0551. The fraction of sp³-hybridized carbons (Fsp3) is 1.00. The van der Waals surface area contributed by atoms with Crippen LogP contribution in [-0.2, 0) is 13.6 Å². The summed E-state index contributed by atoms with van der Waals surface area (Å²) in [5.41, 5.74) is -0.0551. The van der Waals surface area contributed by atoms with Gasteiger partial charge in [0.05, 0.1) is 5.60 Å². The second-order valence-corrected chi connectivity index (χ2v) is 6.03. The molecule has 0 saturated heterocycles. The summed E-state index contributed by atoms with van der Waals surface area (Å²) in [6.07, 6.45) is 0. The van der Waals surface area contributed by atoms with E-state index in [1.165, 1.54) is 0 Å². The van der Waals surface area contributed by atoms with Crippen LogP contribution in [0.5, 0.6) is 0 Å². The minimum atomic E-state index is -1.41. The number of rotatable bonds is 5. The summed E-state index contributed by atoms with van der Waals surface area (Å²) >= 11 is 0. The average molecular weight is 192 g/mol. The molecule has 0 heterocycles. The van der Waals surface area contributed by atoms with Crippen LogP contribution in [0.15, 0.2) is 0 Å². The van der Waals surface area contributed by atoms with Crippen molar-refractivity contribution in [3.63, 3.8) is 0 Å². The molecule has 0 unspecified atom stereocenters. The molecule has 0 bridgehead atoms. The van der Waals surface area contributed by atoms with Crippen LogP contribution in [0.2, 0.25) is 6.04 Å². The second-order valence-electron chi connectivity index (χ2n) is 3.65. The van der Waals surface area contributed by atoms with Gasteiger partial charge >= 0.3 is 9.28 Å². The third kappa shape index (κ3) is 6.79. The van der Waals surface area contributed by atoms with Gasteiger partial charge in [-0.05, 0) is 20.8 Å². The van der Waals surface area contributed by atoms with E-state index in [0.717, 1.165) is 12.7 Å². The highest BCUT2D eigenvalue weighted by Crippen LogP contribution is 2.08. The normalized spacial score (nSPS) is 12.5. The Kier molecular flexibility index (Phi) is 5.74. The molecule has 0 rings (SSSR count). The lowest BCUT2D eigenvalue weighted by Crippen LogP contribution is -2.25. The fourth-order valence-corrected chi connectivity index (χ4v) is 1.77. The SMILES string of the molecule is CO[SiH](CCOC(C)(C)C)OC. The summed E-state index contributed by atoms with van der Waals surface area (Å²) in [5, 5.41) is 0. The molecule has 0 aromatic heterocycles. The van der Waals surface area contributed by atoms with Crippen molar-refractivity contribution < 1.29 is 13.6 Å². The standard InChI is InChI=1S/C8H20O3Si/c1-8(2,3)11-6-7-12(9-4)10-5/h12H,6-7H2,1-5H3. The van der Waals surface area contributed by atoms with Crippen LogP contribution in [0.25, 0.3) is 0 Å². The molecule has 0 spiro atoms. The minimum Gasteiger partial charge on any atom is -0.400 e. The van der Waals surface area contributed by atoms with Gasteiger partial charge < -0.3 is 13.6 Å². The molecule has 0 aliphatic carbocycles. The van der Waals surface area contributed by atoms with Crippen LogP contribution in [0.1, 0.15) is 20.8 Å². The number of hydrogen-bond donors (Lipinski definition) is 0. The molecule has 12 heavy (non-hydrogen) atoms. The van der Waals surface area contributed by atoms with E-state index in [-0.39, 0.29) is 5.60 Å².